The van der Waals surface area contributed by atoms with E-state index in [-0.39, 0.29) is 12.5 Å². The van der Waals surface area contributed by atoms with Gasteiger partial charge in [0.25, 0.3) is 5.91 Å². The largest absolute Gasteiger partial charge is 0.452 e. The van der Waals surface area contributed by atoms with E-state index in [1.807, 2.05) is 36.1 Å². The number of esters is 1. The fourth-order valence-corrected chi connectivity index (χ4v) is 3.96. The van der Waals surface area contributed by atoms with Crippen LogP contribution in [0.3, 0.4) is 0 Å². The van der Waals surface area contributed by atoms with Gasteiger partial charge in [-0.05, 0) is 61.4 Å². The number of amides is 1. The molecule has 5 nitrogen and oxygen atoms in total. The van der Waals surface area contributed by atoms with Gasteiger partial charge in [0.2, 0.25) is 0 Å². The number of rotatable bonds is 5. The Balaban J connectivity index is 1.67. The highest BCUT2D eigenvalue weighted by Gasteiger charge is 2.26. The summed E-state index contributed by atoms with van der Waals surface area (Å²) < 4.78 is 5.38. The van der Waals surface area contributed by atoms with Crippen molar-refractivity contribution >= 4 is 23.3 Å². The number of likely N-dealkylation sites (tertiary alicyclic amines) is 1. The maximum absolute atomic E-state index is 12.7. The molecule has 2 atom stereocenters. The molecule has 3 rings (SSSR count). The summed E-state index contributed by atoms with van der Waals surface area (Å²) in [6.45, 7) is 9.62. The Bertz CT molecular complexity index is 883. The van der Waals surface area contributed by atoms with Crippen LogP contribution in [0.1, 0.15) is 41.8 Å². The normalized spacial score (nSPS) is 19.0. The first kappa shape index (κ1) is 20.9. The Morgan fingerprint density at radius 1 is 1.00 bits per heavy atom. The smallest absolute Gasteiger partial charge is 0.340 e. The Morgan fingerprint density at radius 3 is 2.38 bits per heavy atom. The molecule has 1 heterocycles. The number of nitrogens with one attached hydrogen (secondary N) is 1. The minimum absolute atomic E-state index is 0.128. The maximum Gasteiger partial charge on any atom is 0.340 e. The van der Waals surface area contributed by atoms with Gasteiger partial charge in [0.15, 0.2) is 6.61 Å². The molecule has 0 aromatic heterocycles. The Kier molecular flexibility index (Phi) is 6.57. The monoisotopic (exact) mass is 394 g/mol. The molecule has 1 aliphatic rings. The SMILES string of the molecule is Cc1cccc(Nc2ccccc2C(=O)OCC(=O)N2C[C@H](C)C[C@H](C)C2)c1C. The highest BCUT2D eigenvalue weighted by atomic mass is 16.5. The molecule has 1 fully saturated rings. The second-order valence-corrected chi connectivity index (χ2v) is 8.24. The van der Waals surface area contributed by atoms with E-state index in [9.17, 15) is 9.59 Å². The number of carbonyl (C=O) groups excluding carboxylic acids is 2. The lowest BCUT2D eigenvalue weighted by atomic mass is 9.92. The van der Waals surface area contributed by atoms with Gasteiger partial charge in [0, 0.05) is 18.8 Å². The van der Waals surface area contributed by atoms with Crippen LogP contribution in [0.25, 0.3) is 0 Å². The first-order valence-corrected chi connectivity index (χ1v) is 10.2. The molecule has 29 heavy (non-hydrogen) atoms. The van der Waals surface area contributed by atoms with E-state index in [4.69, 9.17) is 4.74 Å². The summed E-state index contributed by atoms with van der Waals surface area (Å²) in [7, 11) is 0. The fraction of sp³-hybridized carbons (Fsp3) is 0.417. The second-order valence-electron chi connectivity index (χ2n) is 8.24. The van der Waals surface area contributed by atoms with Crippen LogP contribution in [0, 0.1) is 25.7 Å². The van der Waals surface area contributed by atoms with Crippen molar-refractivity contribution in [3.63, 3.8) is 0 Å². The molecule has 1 N–H and O–H groups in total. The molecule has 1 saturated heterocycles. The topological polar surface area (TPSA) is 58.6 Å². The number of anilines is 2. The lowest BCUT2D eigenvalue weighted by Gasteiger charge is -2.34. The van der Waals surface area contributed by atoms with Crippen LogP contribution in [-0.2, 0) is 9.53 Å². The summed E-state index contributed by atoms with van der Waals surface area (Å²) in [5.41, 5.74) is 4.32. The molecule has 2 aromatic rings. The van der Waals surface area contributed by atoms with Crippen molar-refractivity contribution in [3.8, 4) is 0 Å². The number of para-hydroxylation sites is 1. The standard InChI is InChI=1S/C24H30N2O3/c1-16-12-17(2)14-26(13-16)23(27)15-29-24(28)20-9-5-6-10-22(20)25-21-11-7-8-18(3)19(21)4/h5-11,16-17,25H,12-15H2,1-4H3/t16-,17+. The molecular weight excluding hydrogens is 364 g/mol. The van der Waals surface area contributed by atoms with Crippen molar-refractivity contribution in [3.05, 3.63) is 59.2 Å². The number of hydrogen-bond acceptors (Lipinski definition) is 4. The van der Waals surface area contributed by atoms with Crippen LogP contribution in [0.2, 0.25) is 0 Å². The summed E-state index contributed by atoms with van der Waals surface area (Å²) in [5.74, 6) is 0.323. The molecule has 0 spiro atoms. The van der Waals surface area contributed by atoms with Gasteiger partial charge in [-0.3, -0.25) is 4.79 Å². The fourth-order valence-electron chi connectivity index (χ4n) is 3.96. The van der Waals surface area contributed by atoms with E-state index < -0.39 is 5.97 Å². The van der Waals surface area contributed by atoms with E-state index in [1.165, 1.54) is 5.56 Å². The minimum atomic E-state index is -0.495. The van der Waals surface area contributed by atoms with E-state index >= 15 is 0 Å². The molecule has 0 aliphatic carbocycles. The van der Waals surface area contributed by atoms with Crippen LogP contribution in [-0.4, -0.2) is 36.5 Å². The Labute approximate surface area is 173 Å². The molecular formula is C24H30N2O3. The zero-order valence-electron chi connectivity index (χ0n) is 17.7. The Hall–Kier alpha value is -2.82. The summed E-state index contributed by atoms with van der Waals surface area (Å²) in [6.07, 6.45) is 1.13. The van der Waals surface area contributed by atoms with Crippen molar-refractivity contribution in [2.75, 3.05) is 25.0 Å². The first-order valence-electron chi connectivity index (χ1n) is 10.2. The van der Waals surface area contributed by atoms with Crippen LogP contribution in [0.4, 0.5) is 11.4 Å². The van der Waals surface area contributed by atoms with Crippen LogP contribution in [0.5, 0.6) is 0 Å². The van der Waals surface area contributed by atoms with Gasteiger partial charge >= 0.3 is 5.97 Å². The minimum Gasteiger partial charge on any atom is -0.452 e. The van der Waals surface area contributed by atoms with Crippen molar-refractivity contribution in [2.24, 2.45) is 11.8 Å². The molecule has 2 aromatic carbocycles. The number of carbonyl (C=O) groups is 2. The third-order valence-corrected chi connectivity index (χ3v) is 5.57. The molecule has 5 heteroatoms. The van der Waals surface area contributed by atoms with E-state index in [1.54, 1.807) is 12.1 Å². The van der Waals surface area contributed by atoms with Gasteiger partial charge in [-0.1, -0.05) is 38.1 Å². The van der Waals surface area contributed by atoms with E-state index in [2.05, 4.69) is 32.2 Å². The van der Waals surface area contributed by atoms with Crippen molar-refractivity contribution < 1.29 is 14.3 Å². The summed E-state index contributed by atoms with van der Waals surface area (Å²) >= 11 is 0. The molecule has 1 amide bonds. The molecule has 0 saturated carbocycles. The highest BCUT2D eigenvalue weighted by Crippen LogP contribution is 2.26. The van der Waals surface area contributed by atoms with Gasteiger partial charge in [-0.25, -0.2) is 4.79 Å². The molecule has 0 unspecified atom stereocenters. The number of ether oxygens (including phenoxy) is 1. The average molecular weight is 395 g/mol. The third-order valence-electron chi connectivity index (χ3n) is 5.57. The summed E-state index contributed by atoms with van der Waals surface area (Å²) in [5, 5.41) is 3.33. The molecule has 154 valence electrons. The predicted octanol–water partition coefficient (Wildman–Crippen LogP) is 4.71. The second kappa shape index (κ2) is 9.12. The van der Waals surface area contributed by atoms with Crippen LogP contribution < -0.4 is 5.32 Å². The average Bonchev–Trinajstić information content (AvgIpc) is 2.69. The first-order chi connectivity index (χ1) is 13.8. The molecule has 1 aliphatic heterocycles. The summed E-state index contributed by atoms with van der Waals surface area (Å²) in [6, 6.07) is 13.2. The van der Waals surface area contributed by atoms with Gasteiger partial charge in [0.1, 0.15) is 0 Å². The molecule has 0 bridgehead atoms. The summed E-state index contributed by atoms with van der Waals surface area (Å²) in [4.78, 5) is 27.0. The quantitative estimate of drug-likeness (QED) is 0.746. The van der Waals surface area contributed by atoms with E-state index in [0.717, 1.165) is 30.8 Å². The van der Waals surface area contributed by atoms with Crippen molar-refractivity contribution in [1.82, 2.24) is 4.90 Å². The molecule has 0 radical (unpaired) electrons. The Morgan fingerprint density at radius 2 is 1.66 bits per heavy atom. The number of piperidine rings is 1. The van der Waals surface area contributed by atoms with Crippen LogP contribution >= 0.6 is 0 Å². The van der Waals surface area contributed by atoms with Crippen molar-refractivity contribution in [2.45, 2.75) is 34.1 Å². The number of aryl methyl sites for hydroxylation is 1. The van der Waals surface area contributed by atoms with Crippen molar-refractivity contribution in [1.29, 1.82) is 0 Å². The zero-order chi connectivity index (χ0) is 21.0. The van der Waals surface area contributed by atoms with Gasteiger partial charge in [0.05, 0.1) is 11.3 Å². The van der Waals surface area contributed by atoms with Gasteiger partial charge in [-0.15, -0.1) is 0 Å². The highest BCUT2D eigenvalue weighted by molar-refractivity contribution is 5.97. The van der Waals surface area contributed by atoms with E-state index in [0.29, 0.717) is 23.1 Å². The number of hydrogen-bond donors (Lipinski definition) is 1. The van der Waals surface area contributed by atoms with Crippen LogP contribution in [0.15, 0.2) is 42.5 Å². The zero-order valence-corrected chi connectivity index (χ0v) is 17.7. The maximum atomic E-state index is 12.7. The lowest BCUT2D eigenvalue weighted by molar-refractivity contribution is -0.137. The number of benzene rings is 2. The predicted molar refractivity (Wildman–Crippen MR) is 115 cm³/mol. The van der Waals surface area contributed by atoms with Gasteiger partial charge < -0.3 is 15.0 Å². The number of nitrogens with zero attached hydrogens (tertiary/aromatic N) is 1. The lowest BCUT2D eigenvalue weighted by Crippen LogP contribution is -2.44. The van der Waals surface area contributed by atoms with Gasteiger partial charge in [-0.2, -0.15) is 0 Å². The third kappa shape index (κ3) is 5.17.